The molecule has 0 aliphatic rings. The van der Waals surface area contributed by atoms with Gasteiger partial charge in [0.1, 0.15) is 6.07 Å². The summed E-state index contributed by atoms with van der Waals surface area (Å²) >= 11 is 0. The number of aromatic amines is 1. The number of fused-ring (bicyclic) bond motifs is 1. The van der Waals surface area contributed by atoms with Crippen LogP contribution in [0.1, 0.15) is 31.9 Å². The Morgan fingerprint density at radius 2 is 2.07 bits per heavy atom. The van der Waals surface area contributed by atoms with Crippen LogP contribution in [0, 0.1) is 11.3 Å². The van der Waals surface area contributed by atoms with Crippen LogP contribution in [-0.4, -0.2) is 9.97 Å². The Morgan fingerprint density at radius 3 is 2.67 bits per heavy atom. The van der Waals surface area contributed by atoms with Gasteiger partial charge < -0.3 is 4.98 Å². The van der Waals surface area contributed by atoms with Crippen LogP contribution in [0.5, 0.6) is 0 Å². The summed E-state index contributed by atoms with van der Waals surface area (Å²) in [5.74, 6) is 0. The van der Waals surface area contributed by atoms with Crippen molar-refractivity contribution in [3.8, 4) is 6.07 Å². The van der Waals surface area contributed by atoms with Crippen molar-refractivity contribution in [3.05, 3.63) is 29.6 Å². The van der Waals surface area contributed by atoms with Crippen molar-refractivity contribution in [2.75, 3.05) is 0 Å². The predicted octanol–water partition coefficient (Wildman–Crippen LogP) is 2.73. The Hall–Kier alpha value is -1.82. The maximum Gasteiger partial charge on any atom is 0.101 e. The van der Waals surface area contributed by atoms with E-state index in [0.29, 0.717) is 5.56 Å². The second kappa shape index (κ2) is 3.09. The SMILES string of the molecule is CC(C)(C)c1ccc(C#N)c2[nH]cnc12. The van der Waals surface area contributed by atoms with Gasteiger partial charge in [-0.15, -0.1) is 0 Å². The average Bonchev–Trinajstić information content (AvgIpc) is 2.62. The molecule has 1 aromatic carbocycles. The first-order chi connectivity index (χ1) is 7.04. The Kier molecular flexibility index (Phi) is 2.01. The molecule has 0 fully saturated rings. The molecule has 0 unspecified atom stereocenters. The molecule has 0 spiro atoms. The van der Waals surface area contributed by atoms with Gasteiger partial charge in [-0.25, -0.2) is 4.98 Å². The Morgan fingerprint density at radius 1 is 1.33 bits per heavy atom. The first-order valence-corrected chi connectivity index (χ1v) is 4.90. The number of imidazole rings is 1. The van der Waals surface area contributed by atoms with Crippen LogP contribution in [0.15, 0.2) is 18.5 Å². The molecular weight excluding hydrogens is 186 g/mol. The fraction of sp³-hybridized carbons (Fsp3) is 0.333. The second-order valence-electron chi connectivity index (χ2n) is 4.65. The highest BCUT2D eigenvalue weighted by Gasteiger charge is 2.19. The molecule has 0 atom stereocenters. The zero-order valence-corrected chi connectivity index (χ0v) is 9.13. The zero-order chi connectivity index (χ0) is 11.1. The van der Waals surface area contributed by atoms with E-state index in [4.69, 9.17) is 5.26 Å². The standard InChI is InChI=1S/C12H13N3/c1-12(2,3)9-5-4-8(6-13)10-11(9)15-7-14-10/h4-5,7H,1-3H3,(H,14,15). The van der Waals surface area contributed by atoms with Gasteiger partial charge >= 0.3 is 0 Å². The predicted molar refractivity (Wildman–Crippen MR) is 59.5 cm³/mol. The van der Waals surface area contributed by atoms with Crippen LogP contribution in [0.4, 0.5) is 0 Å². The van der Waals surface area contributed by atoms with E-state index in [1.54, 1.807) is 6.33 Å². The van der Waals surface area contributed by atoms with Crippen LogP contribution in [0.3, 0.4) is 0 Å². The lowest BCUT2D eigenvalue weighted by atomic mass is 9.85. The number of benzene rings is 1. The largest absolute Gasteiger partial charge is 0.344 e. The third-order valence-electron chi connectivity index (χ3n) is 2.51. The van der Waals surface area contributed by atoms with Crippen molar-refractivity contribution < 1.29 is 0 Å². The molecule has 0 aliphatic heterocycles. The van der Waals surface area contributed by atoms with Crippen molar-refractivity contribution in [2.24, 2.45) is 0 Å². The quantitative estimate of drug-likeness (QED) is 0.709. The maximum absolute atomic E-state index is 8.95. The van der Waals surface area contributed by atoms with Gasteiger partial charge in [-0.1, -0.05) is 26.8 Å². The molecule has 0 radical (unpaired) electrons. The summed E-state index contributed by atoms with van der Waals surface area (Å²) in [5.41, 5.74) is 3.60. The minimum Gasteiger partial charge on any atom is -0.344 e. The van der Waals surface area contributed by atoms with Gasteiger partial charge in [-0.05, 0) is 17.0 Å². The van der Waals surface area contributed by atoms with E-state index >= 15 is 0 Å². The van der Waals surface area contributed by atoms with Crippen molar-refractivity contribution >= 4 is 11.0 Å². The number of aromatic nitrogens is 2. The Bertz CT molecular complexity index is 538. The van der Waals surface area contributed by atoms with E-state index in [1.807, 2.05) is 12.1 Å². The zero-order valence-electron chi connectivity index (χ0n) is 9.13. The molecule has 2 aromatic rings. The number of nitriles is 1. The van der Waals surface area contributed by atoms with Crippen LogP contribution in [-0.2, 0) is 5.41 Å². The van der Waals surface area contributed by atoms with Crippen LogP contribution < -0.4 is 0 Å². The van der Waals surface area contributed by atoms with Crippen molar-refractivity contribution in [1.29, 1.82) is 5.26 Å². The van der Waals surface area contributed by atoms with Gasteiger partial charge in [0, 0.05) is 0 Å². The first-order valence-electron chi connectivity index (χ1n) is 4.90. The topological polar surface area (TPSA) is 52.5 Å². The number of H-pyrrole nitrogens is 1. The van der Waals surface area contributed by atoms with E-state index in [2.05, 4.69) is 36.8 Å². The fourth-order valence-electron chi connectivity index (χ4n) is 1.73. The van der Waals surface area contributed by atoms with Gasteiger partial charge in [0.15, 0.2) is 0 Å². The highest BCUT2D eigenvalue weighted by Crippen LogP contribution is 2.29. The van der Waals surface area contributed by atoms with Crippen LogP contribution in [0.2, 0.25) is 0 Å². The van der Waals surface area contributed by atoms with Crippen molar-refractivity contribution in [1.82, 2.24) is 9.97 Å². The number of nitrogens with zero attached hydrogens (tertiary/aromatic N) is 2. The van der Waals surface area contributed by atoms with Gasteiger partial charge in [-0.3, -0.25) is 0 Å². The summed E-state index contributed by atoms with van der Waals surface area (Å²) in [5, 5.41) is 8.95. The normalized spacial score (nSPS) is 11.6. The van der Waals surface area contributed by atoms with Crippen molar-refractivity contribution in [2.45, 2.75) is 26.2 Å². The summed E-state index contributed by atoms with van der Waals surface area (Å²) in [4.78, 5) is 7.31. The van der Waals surface area contributed by atoms with E-state index in [1.165, 1.54) is 0 Å². The second-order valence-corrected chi connectivity index (χ2v) is 4.65. The van der Waals surface area contributed by atoms with Gasteiger partial charge in [-0.2, -0.15) is 5.26 Å². The molecule has 0 saturated heterocycles. The molecular formula is C12H13N3. The molecule has 0 aliphatic carbocycles. The molecule has 3 heteroatoms. The first kappa shape index (κ1) is 9.72. The molecule has 1 heterocycles. The molecule has 2 rings (SSSR count). The van der Waals surface area contributed by atoms with E-state index < -0.39 is 0 Å². The third kappa shape index (κ3) is 1.48. The highest BCUT2D eigenvalue weighted by atomic mass is 14.9. The maximum atomic E-state index is 8.95. The van der Waals surface area contributed by atoms with E-state index in [0.717, 1.165) is 16.6 Å². The summed E-state index contributed by atoms with van der Waals surface area (Å²) < 4.78 is 0. The molecule has 3 nitrogen and oxygen atoms in total. The van der Waals surface area contributed by atoms with Crippen LogP contribution >= 0.6 is 0 Å². The van der Waals surface area contributed by atoms with Gasteiger partial charge in [0.25, 0.3) is 0 Å². The van der Waals surface area contributed by atoms with Crippen LogP contribution in [0.25, 0.3) is 11.0 Å². The average molecular weight is 199 g/mol. The smallest absolute Gasteiger partial charge is 0.101 e. The number of hydrogen-bond donors (Lipinski definition) is 1. The Balaban J connectivity index is 2.82. The number of rotatable bonds is 0. The molecule has 1 N–H and O–H groups in total. The monoisotopic (exact) mass is 199 g/mol. The lowest BCUT2D eigenvalue weighted by Crippen LogP contribution is -2.11. The molecule has 0 bridgehead atoms. The van der Waals surface area contributed by atoms with Crippen molar-refractivity contribution in [3.63, 3.8) is 0 Å². The molecule has 0 saturated carbocycles. The number of nitrogens with one attached hydrogen (secondary N) is 1. The number of hydrogen-bond acceptors (Lipinski definition) is 2. The minimum absolute atomic E-state index is 0.0431. The summed E-state index contributed by atoms with van der Waals surface area (Å²) in [6.07, 6.45) is 1.64. The summed E-state index contributed by atoms with van der Waals surface area (Å²) in [6.45, 7) is 6.42. The molecule has 76 valence electrons. The van der Waals surface area contributed by atoms with Gasteiger partial charge in [0.2, 0.25) is 0 Å². The lowest BCUT2D eigenvalue weighted by Gasteiger charge is -2.19. The lowest BCUT2D eigenvalue weighted by molar-refractivity contribution is 0.595. The molecule has 0 amide bonds. The Labute approximate surface area is 88.8 Å². The highest BCUT2D eigenvalue weighted by molar-refractivity contribution is 5.84. The van der Waals surface area contributed by atoms with E-state index in [-0.39, 0.29) is 5.41 Å². The summed E-state index contributed by atoms with van der Waals surface area (Å²) in [7, 11) is 0. The molecule has 15 heavy (non-hydrogen) atoms. The molecule has 1 aromatic heterocycles. The minimum atomic E-state index is 0.0431. The van der Waals surface area contributed by atoms with E-state index in [9.17, 15) is 0 Å². The van der Waals surface area contributed by atoms with Gasteiger partial charge in [0.05, 0.1) is 22.9 Å². The third-order valence-corrected chi connectivity index (χ3v) is 2.51. The summed E-state index contributed by atoms with van der Waals surface area (Å²) in [6, 6.07) is 6.00. The fourth-order valence-corrected chi connectivity index (χ4v) is 1.73.